The van der Waals surface area contributed by atoms with Crippen LogP contribution >= 0.6 is 0 Å². The Morgan fingerprint density at radius 3 is 2.41 bits per heavy atom. The van der Waals surface area contributed by atoms with E-state index in [1.54, 1.807) is 13.0 Å². The molecule has 0 aliphatic carbocycles. The van der Waals surface area contributed by atoms with Gasteiger partial charge in [0.1, 0.15) is 4.75 Å². The van der Waals surface area contributed by atoms with Crippen molar-refractivity contribution in [2.45, 2.75) is 51.6 Å². The van der Waals surface area contributed by atoms with Crippen molar-refractivity contribution in [1.29, 1.82) is 0 Å². The zero-order valence-electron chi connectivity index (χ0n) is 13.2. The SMILES string of the molecule is Cc1cc([C@@H](C)N[S@+]([O-])C(C)(C)C)cnc1OCC(F)(F)F. The summed E-state index contributed by atoms with van der Waals surface area (Å²) >= 11 is -1.25. The van der Waals surface area contributed by atoms with E-state index in [4.69, 9.17) is 0 Å². The smallest absolute Gasteiger partial charge is 0.422 e. The quantitative estimate of drug-likeness (QED) is 0.836. The normalized spacial score (nSPS) is 15.5. The molecular formula is C14H21F3N2O2S. The van der Waals surface area contributed by atoms with Crippen LogP contribution in [0, 0.1) is 6.92 Å². The monoisotopic (exact) mass is 338 g/mol. The Labute approximate surface area is 131 Å². The topological polar surface area (TPSA) is 57.2 Å². The predicted octanol–water partition coefficient (Wildman–Crippen LogP) is 3.44. The molecule has 0 spiro atoms. The number of hydrogen-bond acceptors (Lipinski definition) is 4. The zero-order valence-corrected chi connectivity index (χ0v) is 14.1. The molecule has 1 rings (SSSR count). The van der Waals surface area contributed by atoms with Crippen molar-refractivity contribution in [3.8, 4) is 5.88 Å². The first-order valence-corrected chi connectivity index (χ1v) is 7.89. The highest BCUT2D eigenvalue weighted by atomic mass is 32.2. The van der Waals surface area contributed by atoms with Gasteiger partial charge in [0.25, 0.3) is 0 Å². The van der Waals surface area contributed by atoms with Crippen LogP contribution in [0.25, 0.3) is 0 Å². The Morgan fingerprint density at radius 1 is 1.36 bits per heavy atom. The van der Waals surface area contributed by atoms with E-state index in [-0.39, 0.29) is 11.9 Å². The molecule has 0 aliphatic heterocycles. The number of ether oxygens (including phenoxy) is 1. The highest BCUT2D eigenvalue weighted by Gasteiger charge is 2.30. The van der Waals surface area contributed by atoms with Crippen molar-refractivity contribution in [3.63, 3.8) is 0 Å². The van der Waals surface area contributed by atoms with Gasteiger partial charge in [0.15, 0.2) is 6.61 Å². The van der Waals surface area contributed by atoms with Gasteiger partial charge in [-0.1, -0.05) is 0 Å². The molecule has 0 fully saturated rings. The van der Waals surface area contributed by atoms with E-state index < -0.39 is 28.9 Å². The lowest BCUT2D eigenvalue weighted by Crippen LogP contribution is -2.40. The van der Waals surface area contributed by atoms with E-state index in [0.717, 1.165) is 5.56 Å². The molecule has 1 aromatic heterocycles. The molecule has 0 bridgehead atoms. The summed E-state index contributed by atoms with van der Waals surface area (Å²) in [5.41, 5.74) is 1.23. The van der Waals surface area contributed by atoms with Crippen molar-refractivity contribution < 1.29 is 22.5 Å². The maximum absolute atomic E-state index is 12.1. The van der Waals surface area contributed by atoms with Gasteiger partial charge in [0.2, 0.25) is 5.88 Å². The first-order valence-electron chi connectivity index (χ1n) is 6.74. The fraction of sp³-hybridized carbons (Fsp3) is 0.643. The third-order valence-electron chi connectivity index (χ3n) is 2.76. The van der Waals surface area contributed by atoms with Crippen LogP contribution in [0.15, 0.2) is 12.3 Å². The summed E-state index contributed by atoms with van der Waals surface area (Å²) in [6, 6.07) is 1.43. The maximum atomic E-state index is 12.1. The van der Waals surface area contributed by atoms with E-state index in [1.165, 1.54) is 6.20 Å². The van der Waals surface area contributed by atoms with E-state index in [1.807, 2.05) is 27.7 Å². The summed E-state index contributed by atoms with van der Waals surface area (Å²) < 4.78 is 55.7. The fourth-order valence-electron chi connectivity index (χ4n) is 1.53. The number of aromatic nitrogens is 1. The molecule has 0 aromatic carbocycles. The maximum Gasteiger partial charge on any atom is 0.422 e. The molecule has 2 atom stereocenters. The number of halogens is 3. The van der Waals surface area contributed by atoms with Crippen molar-refractivity contribution in [2.75, 3.05) is 6.61 Å². The average Bonchev–Trinajstić information content (AvgIpc) is 2.34. The molecule has 22 heavy (non-hydrogen) atoms. The Morgan fingerprint density at radius 2 is 1.95 bits per heavy atom. The van der Waals surface area contributed by atoms with Crippen molar-refractivity contribution >= 4 is 11.4 Å². The van der Waals surface area contributed by atoms with E-state index in [9.17, 15) is 17.7 Å². The van der Waals surface area contributed by atoms with Gasteiger partial charge < -0.3 is 9.29 Å². The zero-order chi connectivity index (χ0) is 17.1. The Hall–Kier alpha value is -0.990. The Balaban J connectivity index is 2.76. The predicted molar refractivity (Wildman–Crippen MR) is 80.0 cm³/mol. The third-order valence-corrected chi connectivity index (χ3v) is 4.44. The third kappa shape index (κ3) is 6.02. The lowest BCUT2D eigenvalue weighted by molar-refractivity contribution is -0.154. The number of rotatable bonds is 5. The first kappa shape index (κ1) is 19.1. The molecule has 8 heteroatoms. The van der Waals surface area contributed by atoms with E-state index >= 15 is 0 Å². The van der Waals surface area contributed by atoms with Crippen LogP contribution in [0.2, 0.25) is 0 Å². The number of hydrogen-bond donors (Lipinski definition) is 1. The summed E-state index contributed by atoms with van der Waals surface area (Å²) in [4.78, 5) is 3.91. The largest absolute Gasteiger partial charge is 0.598 e. The lowest BCUT2D eigenvalue weighted by Gasteiger charge is -2.26. The van der Waals surface area contributed by atoms with Crippen LogP contribution in [0.5, 0.6) is 5.88 Å². The van der Waals surface area contributed by atoms with Gasteiger partial charge >= 0.3 is 6.18 Å². The molecule has 4 nitrogen and oxygen atoms in total. The molecule has 1 aromatic rings. The van der Waals surface area contributed by atoms with E-state index in [0.29, 0.717) is 5.56 Å². The summed E-state index contributed by atoms with van der Waals surface area (Å²) in [5.74, 6) is -0.0507. The van der Waals surface area contributed by atoms with Gasteiger partial charge in [-0.05, 0) is 46.2 Å². The molecule has 0 unspecified atom stereocenters. The molecule has 0 saturated carbocycles. The second-order valence-electron chi connectivity index (χ2n) is 6.02. The average molecular weight is 338 g/mol. The number of nitrogens with zero attached hydrogens (tertiary/aromatic N) is 1. The fourth-order valence-corrected chi connectivity index (χ4v) is 2.34. The first-order chi connectivity index (χ1) is 9.90. The minimum absolute atomic E-state index is 0.0507. The molecule has 126 valence electrons. The lowest BCUT2D eigenvalue weighted by atomic mass is 10.1. The van der Waals surface area contributed by atoms with Crippen molar-refractivity contribution in [2.24, 2.45) is 0 Å². The molecule has 0 amide bonds. The minimum Gasteiger partial charge on any atom is -0.598 e. The van der Waals surface area contributed by atoms with Crippen LogP contribution in [-0.2, 0) is 11.4 Å². The summed E-state index contributed by atoms with van der Waals surface area (Å²) in [7, 11) is 0. The number of aryl methyl sites for hydroxylation is 1. The molecule has 1 heterocycles. The van der Waals surface area contributed by atoms with Crippen molar-refractivity contribution in [3.05, 3.63) is 23.4 Å². The number of nitrogens with one attached hydrogen (secondary N) is 1. The van der Waals surface area contributed by atoms with Gasteiger partial charge in [-0.25, -0.2) is 4.98 Å². The Bertz CT molecular complexity index is 504. The van der Waals surface area contributed by atoms with Gasteiger partial charge in [-0.15, -0.1) is 4.72 Å². The Kier molecular flexibility index (Phi) is 6.11. The highest BCUT2D eigenvalue weighted by Crippen LogP contribution is 2.24. The molecule has 0 aliphatic rings. The summed E-state index contributed by atoms with van der Waals surface area (Å²) in [6.07, 6.45) is -2.97. The number of pyridine rings is 1. The minimum atomic E-state index is -4.40. The van der Waals surface area contributed by atoms with Gasteiger partial charge in [0, 0.05) is 23.1 Å². The van der Waals surface area contributed by atoms with Crippen LogP contribution in [-0.4, -0.2) is 27.1 Å². The van der Waals surface area contributed by atoms with Gasteiger partial charge in [0.05, 0.1) is 6.04 Å². The molecular weight excluding hydrogens is 317 g/mol. The molecule has 0 radical (unpaired) electrons. The molecule has 1 N–H and O–H groups in total. The van der Waals surface area contributed by atoms with Crippen molar-refractivity contribution in [1.82, 2.24) is 9.71 Å². The van der Waals surface area contributed by atoms with Crippen LogP contribution in [0.4, 0.5) is 13.2 Å². The standard InChI is InChI=1S/C14H21F3N2O2S/c1-9-6-11(10(2)19-22(20)13(3,4)5)7-18-12(9)21-8-14(15,16)17/h6-7,10,19H,8H2,1-5H3/t10-,22-/m1/s1. The number of alkyl halides is 3. The van der Waals surface area contributed by atoms with E-state index in [2.05, 4.69) is 14.4 Å². The van der Waals surface area contributed by atoms with Crippen LogP contribution in [0.1, 0.15) is 44.9 Å². The summed E-state index contributed by atoms with van der Waals surface area (Å²) in [5, 5.41) is 0. The summed E-state index contributed by atoms with van der Waals surface area (Å²) in [6.45, 7) is 7.61. The second kappa shape index (κ2) is 7.06. The molecule has 0 saturated heterocycles. The second-order valence-corrected chi connectivity index (χ2v) is 8.01. The van der Waals surface area contributed by atoms with Crippen LogP contribution < -0.4 is 9.46 Å². The van der Waals surface area contributed by atoms with Gasteiger partial charge in [-0.3, -0.25) is 0 Å². The van der Waals surface area contributed by atoms with Gasteiger partial charge in [-0.2, -0.15) is 13.2 Å². The van der Waals surface area contributed by atoms with Crippen LogP contribution in [0.3, 0.4) is 0 Å². The highest BCUT2D eigenvalue weighted by molar-refractivity contribution is 7.90.